The van der Waals surface area contributed by atoms with E-state index in [4.69, 9.17) is 4.74 Å². The second-order valence-corrected chi connectivity index (χ2v) is 10.9. The van der Waals surface area contributed by atoms with Gasteiger partial charge in [-0.25, -0.2) is 13.4 Å². The Bertz CT molecular complexity index is 901. The Morgan fingerprint density at radius 2 is 2.04 bits per heavy atom. The number of anilines is 1. The maximum Gasteiger partial charge on any atom is 0.252 e. The summed E-state index contributed by atoms with van der Waals surface area (Å²) >= 11 is 5.97. The minimum Gasteiger partial charge on any atom is -0.379 e. The minimum absolute atomic E-state index is 0.194. The first-order chi connectivity index (χ1) is 11.8. The summed E-state index contributed by atoms with van der Waals surface area (Å²) in [7, 11) is -3.54. The molecule has 0 spiro atoms. The summed E-state index contributed by atoms with van der Waals surface area (Å²) in [4.78, 5) is 16.4. The number of nitrogens with zero attached hydrogens (tertiary/aromatic N) is 2. The van der Waals surface area contributed by atoms with Crippen LogP contribution in [0.5, 0.6) is 0 Å². The number of sulfonamides is 1. The second-order valence-electron chi connectivity index (χ2n) is 5.38. The number of amides is 1. The van der Waals surface area contributed by atoms with Crippen molar-refractivity contribution in [2.45, 2.75) is 18.1 Å². The van der Waals surface area contributed by atoms with Gasteiger partial charge < -0.3 is 10.1 Å². The number of rotatable bonds is 4. The zero-order valence-electron chi connectivity index (χ0n) is 13.5. The zero-order chi connectivity index (χ0) is 18.2. The smallest absolute Gasteiger partial charge is 0.252 e. The summed E-state index contributed by atoms with van der Waals surface area (Å²) in [5, 5.41) is 3.16. The molecule has 1 aliphatic heterocycles. The standard InChI is InChI=1S/C14H16BrN3O4S3/c1-8-12(24-14(16-8)17-9(2)19)10-7-11(23-13(10)15)25(20,21)18-3-5-22-6-4-18/h7H,3-6H2,1-2H3,(H,16,17,19). The predicted octanol–water partition coefficient (Wildman–Crippen LogP) is 2.92. The van der Waals surface area contributed by atoms with E-state index in [9.17, 15) is 13.2 Å². The van der Waals surface area contributed by atoms with Crippen molar-refractivity contribution in [2.75, 3.05) is 31.6 Å². The van der Waals surface area contributed by atoms with Gasteiger partial charge in [0.1, 0.15) is 4.21 Å². The minimum atomic E-state index is -3.54. The fraction of sp³-hybridized carbons (Fsp3) is 0.429. The number of carbonyl (C=O) groups excluding carboxylic acids is 1. The van der Waals surface area contributed by atoms with Gasteiger partial charge in [0.15, 0.2) is 5.13 Å². The number of nitrogens with one attached hydrogen (secondary N) is 1. The third kappa shape index (κ3) is 3.96. The Labute approximate surface area is 162 Å². The molecule has 3 heterocycles. The maximum atomic E-state index is 12.8. The summed E-state index contributed by atoms with van der Waals surface area (Å²) in [6.07, 6.45) is 0. The topological polar surface area (TPSA) is 88.6 Å². The van der Waals surface area contributed by atoms with Crippen molar-refractivity contribution >= 4 is 59.7 Å². The van der Waals surface area contributed by atoms with Gasteiger partial charge in [0, 0.05) is 25.6 Å². The van der Waals surface area contributed by atoms with Crippen molar-refractivity contribution < 1.29 is 17.9 Å². The largest absolute Gasteiger partial charge is 0.379 e. The van der Waals surface area contributed by atoms with Gasteiger partial charge in [-0.05, 0) is 28.9 Å². The monoisotopic (exact) mass is 465 g/mol. The quantitative estimate of drug-likeness (QED) is 0.749. The molecule has 2 aromatic rings. The number of thiophene rings is 1. The van der Waals surface area contributed by atoms with E-state index in [1.165, 1.54) is 33.9 Å². The van der Waals surface area contributed by atoms with E-state index in [-0.39, 0.29) is 10.1 Å². The van der Waals surface area contributed by atoms with Crippen LogP contribution in [0.3, 0.4) is 0 Å². The van der Waals surface area contributed by atoms with Crippen LogP contribution in [0.4, 0.5) is 5.13 Å². The number of aryl methyl sites for hydroxylation is 1. The van der Waals surface area contributed by atoms with Crippen LogP contribution in [0.25, 0.3) is 10.4 Å². The fourth-order valence-electron chi connectivity index (χ4n) is 2.39. The highest BCUT2D eigenvalue weighted by atomic mass is 79.9. The van der Waals surface area contributed by atoms with Gasteiger partial charge in [0.2, 0.25) is 5.91 Å². The average Bonchev–Trinajstić information content (AvgIpc) is 3.10. The molecule has 7 nitrogen and oxygen atoms in total. The van der Waals surface area contributed by atoms with E-state index in [0.717, 1.165) is 19.9 Å². The van der Waals surface area contributed by atoms with Gasteiger partial charge in [-0.2, -0.15) is 4.31 Å². The molecule has 0 atom stereocenters. The van der Waals surface area contributed by atoms with E-state index in [1.54, 1.807) is 6.07 Å². The molecule has 1 saturated heterocycles. The Morgan fingerprint density at radius 3 is 2.68 bits per heavy atom. The Balaban J connectivity index is 1.95. The van der Waals surface area contributed by atoms with Crippen LogP contribution in [-0.4, -0.2) is 49.9 Å². The fourth-order valence-corrected chi connectivity index (χ4v) is 7.54. The molecular formula is C14H16BrN3O4S3. The molecule has 0 aromatic carbocycles. The molecule has 1 N–H and O–H groups in total. The van der Waals surface area contributed by atoms with Crippen LogP contribution in [0.2, 0.25) is 0 Å². The van der Waals surface area contributed by atoms with E-state index >= 15 is 0 Å². The molecule has 0 saturated carbocycles. The average molecular weight is 466 g/mol. The molecule has 0 bridgehead atoms. The Kier molecular flexibility index (Phi) is 5.61. The number of thiazole rings is 1. The maximum absolute atomic E-state index is 12.8. The molecule has 0 unspecified atom stereocenters. The van der Waals surface area contributed by atoms with Crippen LogP contribution >= 0.6 is 38.6 Å². The first kappa shape index (κ1) is 18.9. The van der Waals surface area contributed by atoms with Crippen molar-refractivity contribution in [3.63, 3.8) is 0 Å². The van der Waals surface area contributed by atoms with E-state index in [2.05, 4.69) is 26.2 Å². The first-order valence-electron chi connectivity index (χ1n) is 7.41. The molecule has 25 heavy (non-hydrogen) atoms. The van der Waals surface area contributed by atoms with Crippen molar-refractivity contribution in [3.8, 4) is 10.4 Å². The molecule has 11 heteroatoms. The van der Waals surface area contributed by atoms with Gasteiger partial charge in [-0.3, -0.25) is 4.79 Å². The predicted molar refractivity (Wildman–Crippen MR) is 102 cm³/mol. The number of morpholine rings is 1. The number of hydrogen-bond acceptors (Lipinski definition) is 7. The molecule has 2 aromatic heterocycles. The lowest BCUT2D eigenvalue weighted by Gasteiger charge is -2.25. The normalized spacial score (nSPS) is 16.1. The van der Waals surface area contributed by atoms with Gasteiger partial charge in [-0.1, -0.05) is 11.3 Å². The number of ether oxygens (including phenoxy) is 1. The summed E-state index contributed by atoms with van der Waals surface area (Å²) < 4.78 is 33.3. The Morgan fingerprint density at radius 1 is 1.36 bits per heavy atom. The first-order valence-corrected chi connectivity index (χ1v) is 11.3. The van der Waals surface area contributed by atoms with Gasteiger partial charge in [0.25, 0.3) is 10.0 Å². The van der Waals surface area contributed by atoms with Gasteiger partial charge in [0.05, 0.1) is 27.6 Å². The second kappa shape index (κ2) is 7.41. The highest BCUT2D eigenvalue weighted by Gasteiger charge is 2.29. The highest BCUT2D eigenvalue weighted by molar-refractivity contribution is 9.11. The lowest BCUT2D eigenvalue weighted by Crippen LogP contribution is -2.40. The molecular weight excluding hydrogens is 450 g/mol. The zero-order valence-corrected chi connectivity index (χ0v) is 17.6. The van der Waals surface area contributed by atoms with Crippen LogP contribution in [0.1, 0.15) is 12.6 Å². The molecule has 136 valence electrons. The summed E-state index contributed by atoms with van der Waals surface area (Å²) in [6.45, 7) is 4.79. The molecule has 0 radical (unpaired) electrons. The van der Waals surface area contributed by atoms with Crippen LogP contribution < -0.4 is 5.32 Å². The van der Waals surface area contributed by atoms with Crippen LogP contribution in [-0.2, 0) is 19.6 Å². The van der Waals surface area contributed by atoms with Crippen molar-refractivity contribution in [1.82, 2.24) is 9.29 Å². The summed E-state index contributed by atoms with van der Waals surface area (Å²) in [6, 6.07) is 1.66. The third-order valence-electron chi connectivity index (χ3n) is 3.55. The van der Waals surface area contributed by atoms with Gasteiger partial charge in [-0.15, -0.1) is 11.3 Å². The van der Waals surface area contributed by atoms with E-state index < -0.39 is 10.0 Å². The van der Waals surface area contributed by atoms with Gasteiger partial charge >= 0.3 is 0 Å². The van der Waals surface area contributed by atoms with E-state index in [1.807, 2.05) is 6.92 Å². The molecule has 1 amide bonds. The summed E-state index contributed by atoms with van der Waals surface area (Å²) in [5.41, 5.74) is 1.51. The lowest BCUT2D eigenvalue weighted by atomic mass is 10.2. The van der Waals surface area contributed by atoms with Crippen LogP contribution in [0.15, 0.2) is 14.1 Å². The number of carbonyl (C=O) groups is 1. The molecule has 0 aliphatic carbocycles. The molecule has 1 aliphatic rings. The molecule has 1 fully saturated rings. The summed E-state index contributed by atoms with van der Waals surface area (Å²) in [5.74, 6) is -0.194. The van der Waals surface area contributed by atoms with E-state index in [0.29, 0.717) is 31.4 Å². The van der Waals surface area contributed by atoms with Crippen molar-refractivity contribution in [2.24, 2.45) is 0 Å². The van der Waals surface area contributed by atoms with Crippen molar-refractivity contribution in [1.29, 1.82) is 0 Å². The van der Waals surface area contributed by atoms with Crippen molar-refractivity contribution in [3.05, 3.63) is 15.5 Å². The number of aromatic nitrogens is 1. The lowest BCUT2D eigenvalue weighted by molar-refractivity contribution is -0.114. The number of hydrogen-bond donors (Lipinski definition) is 1. The van der Waals surface area contributed by atoms with Crippen LogP contribution in [0, 0.1) is 6.92 Å². The Hall–Kier alpha value is -0.850. The number of halogens is 1. The highest BCUT2D eigenvalue weighted by Crippen LogP contribution is 2.43. The molecule has 3 rings (SSSR count). The third-order valence-corrected chi connectivity index (χ3v) is 8.84. The SMILES string of the molecule is CC(=O)Nc1nc(C)c(-c2cc(S(=O)(=O)N3CCOCC3)sc2Br)s1.